The van der Waals surface area contributed by atoms with Gasteiger partial charge in [0.2, 0.25) is 0 Å². The average molecular weight is 363 g/mol. The maximum Gasteiger partial charge on any atom is 0.141 e. The van der Waals surface area contributed by atoms with E-state index < -0.39 is 16.8 Å². The van der Waals surface area contributed by atoms with E-state index in [1.807, 2.05) is 0 Å². The lowest BCUT2D eigenvalue weighted by atomic mass is 10.2. The Labute approximate surface area is 167 Å². The normalized spacial score (nSPS) is 8.67. The SMILES string of the molecule is C.C.C.C.C.[2H]B(C)P.[2H]B(C)P.[2H]P([B])C.[2H]P([B])C.[B].[B].[B].[B]. The van der Waals surface area contributed by atoms with Crippen LogP contribution in [0.1, 0.15) is 37.1 Å². The minimum Gasteiger partial charge on any atom is -0.175 e. The van der Waals surface area contributed by atoms with E-state index in [1.165, 1.54) is 0 Å². The van der Waals surface area contributed by atoms with Gasteiger partial charge in [-0.15, -0.1) is 0 Å². The highest BCUT2D eigenvalue weighted by atomic mass is 31.1. The second kappa shape index (κ2) is 258. The van der Waals surface area contributed by atoms with Crippen LogP contribution < -0.4 is 0 Å². The van der Waals surface area contributed by atoms with Crippen LogP contribution in [-0.2, 0) is 0 Å². The van der Waals surface area contributed by atoms with Crippen molar-refractivity contribution in [1.29, 1.82) is 5.23 Å². The van der Waals surface area contributed by atoms with Crippen molar-refractivity contribution in [3.8, 4) is 0 Å². The first-order valence-electron chi connectivity index (χ1n) is 5.28. The quantitative estimate of drug-likeness (QED) is 0.459. The van der Waals surface area contributed by atoms with E-state index in [4.69, 9.17) is 20.4 Å². The summed E-state index contributed by atoms with van der Waals surface area (Å²) < 4.78 is 25.9. The highest BCUT2D eigenvalue weighted by molar-refractivity contribution is 7.65. The van der Waals surface area contributed by atoms with Crippen LogP contribution in [0.15, 0.2) is 0 Å². The third kappa shape index (κ3) is 1820. The minimum absolute atomic E-state index is 0. The highest BCUT2D eigenvalue weighted by Crippen LogP contribution is 1.82. The van der Waals surface area contributed by atoms with Crippen molar-refractivity contribution in [3.63, 3.8) is 0 Å². The van der Waals surface area contributed by atoms with Crippen LogP contribution in [-0.4, -0.2) is 81.3 Å². The maximum atomic E-state index is 6.55. The Morgan fingerprint density at radius 3 is 0.762 bits per heavy atom. The first-order chi connectivity index (χ1) is 6.93. The van der Waals surface area contributed by atoms with Crippen molar-refractivity contribution < 1.29 is 0 Å². The molecule has 0 N–H and O–H groups in total. The molecular weight excluding hydrogens is 318 g/mol. The minimum atomic E-state index is -0.870. The number of hydrogen-bond donors (Lipinski definition) is 0. The van der Waals surface area contributed by atoms with E-state index in [0.717, 1.165) is 0 Å². The zero-order valence-corrected chi connectivity index (χ0v) is 14.8. The van der Waals surface area contributed by atoms with Crippen molar-refractivity contribution >= 4 is 97.8 Å². The van der Waals surface area contributed by atoms with Crippen LogP contribution in [0.25, 0.3) is 0 Å². The van der Waals surface area contributed by atoms with E-state index in [2.05, 4.69) is 18.2 Å². The highest BCUT2D eigenvalue weighted by Gasteiger charge is 1.43. The van der Waals surface area contributed by atoms with Gasteiger partial charge in [-0.25, -0.2) is 0 Å². The molecule has 4 unspecified atom stereocenters. The Morgan fingerprint density at radius 1 is 0.762 bits per heavy atom. The van der Waals surface area contributed by atoms with Gasteiger partial charge in [0.05, 0.1) is 0 Å². The fourth-order valence-electron chi connectivity index (χ4n) is 0. The largest absolute Gasteiger partial charge is 0.175 e. The van der Waals surface area contributed by atoms with Crippen LogP contribution in [0, 0.1) is 0 Å². The summed E-state index contributed by atoms with van der Waals surface area (Å²) in [5, 5.41) is 0. The Balaban J connectivity index is -0.00000000623. The Morgan fingerprint density at radius 2 is 0.762 bits per heavy atom. The molecule has 0 saturated heterocycles. The molecule has 0 saturated carbocycles. The Hall–Kier alpha value is 2.24. The van der Waals surface area contributed by atoms with Gasteiger partial charge in [0, 0.05) is 36.2 Å². The summed E-state index contributed by atoms with van der Waals surface area (Å²) in [6, 6.07) is 0. The molecule has 0 rings (SSSR count). The monoisotopic (exact) mass is 364 g/mol. The molecule has 120 valence electrons. The van der Waals surface area contributed by atoms with Crippen molar-refractivity contribution in [3.05, 3.63) is 0 Å². The lowest BCUT2D eigenvalue weighted by Gasteiger charge is -1.49. The van der Waals surface area contributed by atoms with Gasteiger partial charge in [0.15, 0.2) is 0 Å². The van der Waals surface area contributed by atoms with Crippen LogP contribution in [0.4, 0.5) is 0 Å². The molecule has 0 aromatic carbocycles. The van der Waals surface area contributed by atoms with Gasteiger partial charge in [-0.2, -0.15) is 35.0 Å². The van der Waals surface area contributed by atoms with Crippen molar-refractivity contribution in [1.82, 2.24) is 0 Å². The summed E-state index contributed by atoms with van der Waals surface area (Å²) >= 11 is 0. The molecule has 0 aromatic rings. The van der Waals surface area contributed by atoms with Gasteiger partial charge in [-0.3, -0.25) is 0 Å². The summed E-state index contributed by atoms with van der Waals surface area (Å²) in [6.07, 6.45) is 0. The van der Waals surface area contributed by atoms with Crippen LogP contribution >= 0.6 is 35.0 Å². The second-order valence-corrected chi connectivity index (χ2v) is 3.55. The molecule has 0 fully saturated rings. The first-order valence-corrected chi connectivity index (χ1v) is 7.39. The molecule has 0 amide bonds. The zero-order chi connectivity index (χ0) is 14.3. The fraction of sp³-hybridized carbons (Fsp3) is 1.00. The second-order valence-electron chi connectivity index (χ2n) is 1.18. The third-order valence-corrected chi connectivity index (χ3v) is 0. The molecule has 21 heavy (non-hydrogen) atoms. The molecule has 0 aliphatic rings. The Bertz CT molecular complexity index is 90.6. The third-order valence-electron chi connectivity index (χ3n) is 0. The van der Waals surface area contributed by atoms with Gasteiger partial charge in [-0.05, 0) is 2.67 Å². The van der Waals surface area contributed by atoms with Gasteiger partial charge in [0.1, 0.15) is 29.1 Å². The fourth-order valence-corrected chi connectivity index (χ4v) is 0. The summed E-state index contributed by atoms with van der Waals surface area (Å²) in [7, 11) is 12.6. The molecule has 0 aliphatic heterocycles. The average Bonchev–Trinajstić information content (AvgIpc) is 1.76. The summed E-state index contributed by atoms with van der Waals surface area (Å²) in [6.45, 7) is 6.94. The summed E-state index contributed by atoms with van der Waals surface area (Å²) in [5.74, 6) is 0. The van der Waals surface area contributed by atoms with Crippen molar-refractivity contribution in [2.45, 2.75) is 50.8 Å². The van der Waals surface area contributed by atoms with Gasteiger partial charge in [-0.1, -0.05) is 64.1 Å². The van der Waals surface area contributed by atoms with E-state index in [-0.39, 0.29) is 84.7 Å². The number of hydrogen-bond acceptors (Lipinski definition) is 0. The maximum absolute atomic E-state index is 6.55. The van der Waals surface area contributed by atoms with Crippen LogP contribution in [0.5, 0.6) is 0 Å². The molecule has 16 radical (unpaired) electrons. The molecule has 12 heteroatoms. The van der Waals surface area contributed by atoms with E-state index in [1.54, 1.807) is 27.0 Å². The molecule has 0 aliphatic carbocycles. The number of rotatable bonds is 0. The lowest BCUT2D eigenvalue weighted by molar-refractivity contribution is 2.38. The molecule has 0 spiro atoms. The van der Waals surface area contributed by atoms with E-state index in [0.29, 0.717) is 0 Å². The molecule has 4 atom stereocenters. The molecule has 0 aromatic heterocycles. The lowest BCUT2D eigenvalue weighted by Crippen LogP contribution is -1.43. The molecule has 0 heterocycles. The van der Waals surface area contributed by atoms with Crippen LogP contribution in [0.2, 0.25) is 13.6 Å². The molecular formula is C9H40B8P4. The van der Waals surface area contributed by atoms with Crippen LogP contribution in [0.3, 0.4) is 0 Å². The van der Waals surface area contributed by atoms with Crippen molar-refractivity contribution in [2.75, 3.05) is 13.3 Å². The molecule has 0 bridgehead atoms. The summed E-state index contributed by atoms with van der Waals surface area (Å²) in [4.78, 5) is 0. The van der Waals surface area contributed by atoms with Gasteiger partial charge < -0.3 is 0 Å². The Kier molecular flexibility index (Phi) is 696. The zero-order valence-electron chi connectivity index (χ0n) is 14.7. The standard InChI is InChI=1S/2CH4BP.2CH6BP.5CH4.4B/c2*1-3-2;2*1-2-3;;;;;;;;;/h2*3H,1H3;2*2H,3H2,1H3;5*1H4;;;;/i2*3D;2*2D;;;;;;;;;. The summed E-state index contributed by atoms with van der Waals surface area (Å²) in [5.41, 5.74) is 0. The predicted octanol–water partition coefficient (Wildman–Crippen LogP) is 2.94. The molecule has 0 nitrogen and oxygen atoms in total. The van der Waals surface area contributed by atoms with E-state index in [9.17, 15) is 0 Å². The van der Waals surface area contributed by atoms with Gasteiger partial charge >= 0.3 is 0 Å². The first kappa shape index (κ1) is 56.7. The van der Waals surface area contributed by atoms with Crippen molar-refractivity contribution in [2.24, 2.45) is 0 Å². The predicted molar refractivity (Wildman–Crippen MR) is 142 cm³/mol. The van der Waals surface area contributed by atoms with Gasteiger partial charge in [0.25, 0.3) is 0 Å². The smallest absolute Gasteiger partial charge is 0.141 e. The van der Waals surface area contributed by atoms with E-state index >= 15 is 0 Å². The topological polar surface area (TPSA) is 0 Å².